The Morgan fingerprint density at radius 2 is 2.21 bits per heavy atom. The Kier molecular flexibility index (Phi) is 5.25. The van der Waals surface area contributed by atoms with Crippen molar-refractivity contribution in [1.82, 2.24) is 10.2 Å². The van der Waals surface area contributed by atoms with Crippen LogP contribution in [-0.4, -0.2) is 34.5 Å². The Bertz CT molecular complexity index is 731. The second kappa shape index (κ2) is 7.40. The summed E-state index contributed by atoms with van der Waals surface area (Å²) >= 11 is 2.90. The van der Waals surface area contributed by atoms with Gasteiger partial charge < -0.3 is 15.4 Å². The fourth-order valence-electron chi connectivity index (χ4n) is 2.08. The van der Waals surface area contributed by atoms with Crippen LogP contribution in [0.25, 0.3) is 0 Å². The molecule has 0 spiro atoms. The lowest BCUT2D eigenvalue weighted by Crippen LogP contribution is -2.22. The van der Waals surface area contributed by atoms with Gasteiger partial charge in [-0.3, -0.25) is 4.79 Å². The summed E-state index contributed by atoms with van der Waals surface area (Å²) in [7, 11) is 1.59. The summed E-state index contributed by atoms with van der Waals surface area (Å²) in [5.41, 5.74) is 1.75. The normalized spacial score (nSPS) is 15.0. The number of benzene rings is 1. The van der Waals surface area contributed by atoms with Gasteiger partial charge in [0.05, 0.1) is 18.0 Å². The van der Waals surface area contributed by atoms with Gasteiger partial charge in [-0.1, -0.05) is 29.2 Å². The molecule has 1 aromatic carbocycles. The first kappa shape index (κ1) is 17.0. The topological polar surface area (TPSA) is 76.1 Å². The van der Waals surface area contributed by atoms with Crippen LogP contribution < -0.4 is 15.4 Å². The van der Waals surface area contributed by atoms with Crippen LogP contribution in [0.5, 0.6) is 5.75 Å². The van der Waals surface area contributed by atoms with Crippen molar-refractivity contribution in [2.24, 2.45) is 0 Å². The zero-order valence-corrected chi connectivity index (χ0v) is 15.5. The van der Waals surface area contributed by atoms with Crippen molar-refractivity contribution >= 4 is 39.8 Å². The number of ether oxygens (including phenoxy) is 1. The second-order valence-corrected chi connectivity index (χ2v) is 8.31. The predicted molar refractivity (Wildman–Crippen MR) is 98.2 cm³/mol. The molecule has 1 aliphatic carbocycles. The van der Waals surface area contributed by atoms with E-state index in [4.69, 9.17) is 4.74 Å². The van der Waals surface area contributed by atoms with Crippen molar-refractivity contribution in [3.63, 3.8) is 0 Å². The summed E-state index contributed by atoms with van der Waals surface area (Å²) < 4.78 is 6.08. The molecule has 1 aromatic heterocycles. The molecule has 3 rings (SSSR count). The van der Waals surface area contributed by atoms with E-state index in [0.29, 0.717) is 17.5 Å². The lowest BCUT2D eigenvalue weighted by atomic mass is 10.2. The van der Waals surface area contributed by atoms with E-state index in [1.54, 1.807) is 7.11 Å². The van der Waals surface area contributed by atoms with E-state index in [1.807, 2.05) is 32.0 Å². The summed E-state index contributed by atoms with van der Waals surface area (Å²) in [4.78, 5) is 12.4. The van der Waals surface area contributed by atoms with Crippen molar-refractivity contribution in [1.29, 1.82) is 0 Å². The number of nitrogens with zero attached hydrogens (tertiary/aromatic N) is 2. The number of carbonyl (C=O) groups excluding carboxylic acids is 1. The maximum atomic E-state index is 12.4. The van der Waals surface area contributed by atoms with E-state index in [1.165, 1.54) is 35.9 Å². The van der Waals surface area contributed by atoms with Crippen LogP contribution in [0.4, 0.5) is 10.8 Å². The van der Waals surface area contributed by atoms with Crippen LogP contribution in [0.15, 0.2) is 22.5 Å². The van der Waals surface area contributed by atoms with Gasteiger partial charge in [0.2, 0.25) is 11.0 Å². The van der Waals surface area contributed by atoms with Crippen molar-refractivity contribution in [3.05, 3.63) is 23.8 Å². The van der Waals surface area contributed by atoms with Gasteiger partial charge in [-0.2, -0.15) is 0 Å². The Hall–Kier alpha value is -1.80. The molecule has 128 valence electrons. The molecule has 0 radical (unpaired) electrons. The Morgan fingerprint density at radius 3 is 2.92 bits per heavy atom. The first-order valence-corrected chi connectivity index (χ1v) is 9.47. The lowest BCUT2D eigenvalue weighted by molar-refractivity contribution is -0.115. The molecule has 8 heteroatoms. The minimum Gasteiger partial charge on any atom is -0.495 e. The number of aryl methyl sites for hydroxylation is 1. The molecule has 24 heavy (non-hydrogen) atoms. The first-order valence-electron chi connectivity index (χ1n) is 7.77. The highest BCUT2D eigenvalue weighted by Gasteiger charge is 2.23. The van der Waals surface area contributed by atoms with Crippen LogP contribution in [0.2, 0.25) is 0 Å². The molecule has 1 heterocycles. The van der Waals surface area contributed by atoms with Gasteiger partial charge >= 0.3 is 0 Å². The van der Waals surface area contributed by atoms with Crippen molar-refractivity contribution in [2.75, 3.05) is 17.7 Å². The molecule has 0 aliphatic heterocycles. The third-order valence-electron chi connectivity index (χ3n) is 3.57. The molecule has 1 atom stereocenters. The van der Waals surface area contributed by atoms with Crippen LogP contribution in [0, 0.1) is 6.92 Å². The van der Waals surface area contributed by atoms with E-state index in [9.17, 15) is 4.79 Å². The number of carbonyl (C=O) groups is 1. The van der Waals surface area contributed by atoms with Gasteiger partial charge in [0.15, 0.2) is 4.34 Å². The van der Waals surface area contributed by atoms with Crippen molar-refractivity contribution in [2.45, 2.75) is 42.3 Å². The van der Waals surface area contributed by atoms with Crippen LogP contribution >= 0.6 is 23.1 Å². The summed E-state index contributed by atoms with van der Waals surface area (Å²) in [6.07, 6.45) is 2.39. The van der Waals surface area contributed by atoms with Gasteiger partial charge in [0.25, 0.3) is 0 Å². The van der Waals surface area contributed by atoms with Gasteiger partial charge in [-0.15, -0.1) is 10.2 Å². The molecule has 1 aliphatic rings. The standard InChI is InChI=1S/C16H20N4O2S2/c1-9-4-7-13(22-3)12(8-9)18-14(21)10(2)23-16-20-19-15(24-16)17-11-5-6-11/h4,7-8,10-11H,5-6H2,1-3H3,(H,17,19)(H,18,21)/t10-/m0/s1. The molecule has 0 bridgehead atoms. The van der Waals surface area contributed by atoms with E-state index < -0.39 is 0 Å². The van der Waals surface area contributed by atoms with E-state index in [0.717, 1.165) is 15.0 Å². The summed E-state index contributed by atoms with van der Waals surface area (Å²) in [6, 6.07) is 6.24. The van der Waals surface area contributed by atoms with Crippen LogP contribution in [0.3, 0.4) is 0 Å². The minimum atomic E-state index is -0.281. The number of hydrogen-bond acceptors (Lipinski definition) is 7. The van der Waals surface area contributed by atoms with E-state index >= 15 is 0 Å². The molecule has 0 saturated heterocycles. The largest absolute Gasteiger partial charge is 0.495 e. The average molecular weight is 364 g/mol. The summed E-state index contributed by atoms with van der Waals surface area (Å²) in [5.74, 6) is 0.564. The number of aromatic nitrogens is 2. The number of nitrogens with one attached hydrogen (secondary N) is 2. The number of amides is 1. The third-order valence-corrected chi connectivity index (χ3v) is 5.61. The molecular formula is C16H20N4O2S2. The van der Waals surface area contributed by atoms with Gasteiger partial charge in [0.1, 0.15) is 5.75 Å². The van der Waals surface area contributed by atoms with Crippen LogP contribution in [-0.2, 0) is 4.79 Å². The zero-order chi connectivity index (χ0) is 17.1. The fraction of sp³-hybridized carbons (Fsp3) is 0.438. The van der Waals surface area contributed by atoms with Crippen LogP contribution in [0.1, 0.15) is 25.3 Å². The smallest absolute Gasteiger partial charge is 0.237 e. The lowest BCUT2D eigenvalue weighted by Gasteiger charge is -2.13. The number of anilines is 2. The Labute approximate surface area is 149 Å². The quantitative estimate of drug-likeness (QED) is 0.732. The molecule has 1 saturated carbocycles. The van der Waals surface area contributed by atoms with Gasteiger partial charge in [-0.05, 0) is 44.4 Å². The summed E-state index contributed by atoms with van der Waals surface area (Å²) in [5, 5.41) is 15.0. The SMILES string of the molecule is COc1ccc(C)cc1NC(=O)[C@H](C)Sc1nnc(NC2CC2)s1. The number of methoxy groups -OCH3 is 1. The monoisotopic (exact) mass is 364 g/mol. The summed E-state index contributed by atoms with van der Waals surface area (Å²) in [6.45, 7) is 3.83. The molecule has 2 N–H and O–H groups in total. The number of thioether (sulfide) groups is 1. The third kappa shape index (κ3) is 4.39. The maximum absolute atomic E-state index is 12.4. The van der Waals surface area contributed by atoms with Gasteiger partial charge in [-0.25, -0.2) is 0 Å². The van der Waals surface area contributed by atoms with E-state index in [-0.39, 0.29) is 11.2 Å². The minimum absolute atomic E-state index is 0.0872. The zero-order valence-electron chi connectivity index (χ0n) is 13.8. The molecule has 1 amide bonds. The predicted octanol–water partition coefficient (Wildman–Crippen LogP) is 3.55. The second-order valence-electron chi connectivity index (χ2n) is 5.74. The Morgan fingerprint density at radius 1 is 1.42 bits per heavy atom. The molecule has 6 nitrogen and oxygen atoms in total. The molecule has 0 unspecified atom stereocenters. The Balaban J connectivity index is 1.60. The molecule has 2 aromatic rings. The first-order chi connectivity index (χ1) is 11.5. The number of hydrogen-bond donors (Lipinski definition) is 2. The highest BCUT2D eigenvalue weighted by Crippen LogP contribution is 2.33. The fourth-order valence-corrected chi connectivity index (χ4v) is 4.05. The molecule has 1 fully saturated rings. The highest BCUT2D eigenvalue weighted by atomic mass is 32.2. The molecular weight excluding hydrogens is 344 g/mol. The van der Waals surface area contributed by atoms with Gasteiger partial charge in [0, 0.05) is 6.04 Å². The van der Waals surface area contributed by atoms with Crippen molar-refractivity contribution in [3.8, 4) is 5.75 Å². The van der Waals surface area contributed by atoms with E-state index in [2.05, 4.69) is 20.8 Å². The highest BCUT2D eigenvalue weighted by molar-refractivity contribution is 8.02. The number of rotatable bonds is 7. The maximum Gasteiger partial charge on any atom is 0.237 e. The average Bonchev–Trinajstić information content (AvgIpc) is 3.26. The van der Waals surface area contributed by atoms with Crippen molar-refractivity contribution < 1.29 is 9.53 Å².